The third-order valence-electron chi connectivity index (χ3n) is 3.89. The highest BCUT2D eigenvalue weighted by Crippen LogP contribution is 2.26. The fourth-order valence-corrected chi connectivity index (χ4v) is 3.85. The Labute approximate surface area is 127 Å². The van der Waals surface area contributed by atoms with Gasteiger partial charge in [0, 0.05) is 18.2 Å². The smallest absolute Gasteiger partial charge is 0.276 e. The van der Waals surface area contributed by atoms with Gasteiger partial charge in [0.15, 0.2) is 0 Å². The number of halogens is 1. The molecule has 1 aromatic carbocycles. The predicted octanol–water partition coefficient (Wildman–Crippen LogP) is 1.59. The summed E-state index contributed by atoms with van der Waals surface area (Å²) in [6, 6.07) is 1.47. The van der Waals surface area contributed by atoms with E-state index in [-0.39, 0.29) is 17.6 Å². The fourth-order valence-electron chi connectivity index (χ4n) is 2.51. The second-order valence-corrected chi connectivity index (χ2v) is 7.25. The summed E-state index contributed by atoms with van der Waals surface area (Å²) < 4.78 is 40.8. The summed E-state index contributed by atoms with van der Waals surface area (Å²) in [7, 11) is -4.01. The molecule has 2 rings (SSSR count). The molecule has 1 saturated carbocycles. The number of sulfonamides is 1. The molecular formula is C13H18FN3O4S. The number of nitro groups is 1. The van der Waals surface area contributed by atoms with E-state index in [1.165, 1.54) is 6.92 Å². The third kappa shape index (κ3) is 3.60. The van der Waals surface area contributed by atoms with Crippen LogP contribution in [0.25, 0.3) is 0 Å². The summed E-state index contributed by atoms with van der Waals surface area (Å²) >= 11 is 0. The van der Waals surface area contributed by atoms with Crippen LogP contribution in [0.4, 0.5) is 10.1 Å². The van der Waals surface area contributed by atoms with E-state index in [1.54, 1.807) is 0 Å². The van der Waals surface area contributed by atoms with Crippen molar-refractivity contribution in [2.75, 3.05) is 0 Å². The molecule has 0 atom stereocenters. The van der Waals surface area contributed by atoms with Gasteiger partial charge in [-0.25, -0.2) is 17.5 Å². The number of hydrogen-bond donors (Lipinski definition) is 2. The van der Waals surface area contributed by atoms with Crippen molar-refractivity contribution in [1.29, 1.82) is 0 Å². The van der Waals surface area contributed by atoms with Crippen LogP contribution in [0.15, 0.2) is 17.0 Å². The summed E-state index contributed by atoms with van der Waals surface area (Å²) in [6.07, 6.45) is 2.60. The summed E-state index contributed by atoms with van der Waals surface area (Å²) in [5.74, 6) is -0.916. The average molecular weight is 331 g/mol. The third-order valence-corrected chi connectivity index (χ3v) is 5.39. The molecule has 22 heavy (non-hydrogen) atoms. The molecule has 1 aliphatic rings. The van der Waals surface area contributed by atoms with Crippen LogP contribution >= 0.6 is 0 Å². The monoisotopic (exact) mass is 331 g/mol. The van der Waals surface area contributed by atoms with E-state index in [0.717, 1.165) is 12.1 Å². The Kier molecular flexibility index (Phi) is 4.78. The highest BCUT2D eigenvalue weighted by Gasteiger charge is 2.27. The van der Waals surface area contributed by atoms with Gasteiger partial charge in [-0.2, -0.15) is 0 Å². The molecule has 0 aliphatic heterocycles. The quantitative estimate of drug-likeness (QED) is 0.642. The lowest BCUT2D eigenvalue weighted by Gasteiger charge is -2.26. The minimum Gasteiger partial charge on any atom is -0.328 e. The standard InChI is InChI=1S/C13H18FN3O4S/c1-8-12(14)6-11(7-13(8)17(18)19)22(20,21)16-10-4-2-9(15)3-5-10/h6-7,9-10,16H,2-5,15H2,1H3. The van der Waals surface area contributed by atoms with E-state index in [0.29, 0.717) is 25.7 Å². The van der Waals surface area contributed by atoms with E-state index < -0.39 is 31.3 Å². The molecule has 0 bridgehead atoms. The molecular weight excluding hydrogens is 313 g/mol. The first-order chi connectivity index (χ1) is 10.2. The van der Waals surface area contributed by atoms with E-state index in [2.05, 4.69) is 4.72 Å². The number of nitrogens with two attached hydrogens (primary N) is 1. The zero-order valence-electron chi connectivity index (χ0n) is 12.1. The van der Waals surface area contributed by atoms with Gasteiger partial charge in [0.05, 0.1) is 15.4 Å². The maximum atomic E-state index is 13.7. The first-order valence-electron chi connectivity index (χ1n) is 6.93. The van der Waals surface area contributed by atoms with Crippen molar-refractivity contribution in [3.05, 3.63) is 33.6 Å². The van der Waals surface area contributed by atoms with Crippen molar-refractivity contribution in [3.63, 3.8) is 0 Å². The number of benzene rings is 1. The highest BCUT2D eigenvalue weighted by molar-refractivity contribution is 7.89. The lowest BCUT2D eigenvalue weighted by Crippen LogP contribution is -2.40. The number of rotatable bonds is 4. The second kappa shape index (κ2) is 6.27. The Balaban J connectivity index is 2.28. The van der Waals surface area contributed by atoms with Crippen LogP contribution < -0.4 is 10.5 Å². The molecule has 0 heterocycles. The van der Waals surface area contributed by atoms with E-state index in [1.807, 2.05) is 0 Å². The summed E-state index contributed by atoms with van der Waals surface area (Å²) in [4.78, 5) is 9.66. The SMILES string of the molecule is Cc1c(F)cc(S(=O)(=O)NC2CCC(N)CC2)cc1[N+](=O)[O-]. The van der Waals surface area contributed by atoms with Crippen LogP contribution in [0.2, 0.25) is 0 Å². The maximum absolute atomic E-state index is 13.7. The molecule has 122 valence electrons. The maximum Gasteiger partial charge on any atom is 0.276 e. The number of nitro benzene ring substituents is 1. The lowest BCUT2D eigenvalue weighted by atomic mass is 9.93. The molecule has 0 amide bonds. The van der Waals surface area contributed by atoms with Gasteiger partial charge >= 0.3 is 0 Å². The van der Waals surface area contributed by atoms with Crippen molar-refractivity contribution in [1.82, 2.24) is 4.72 Å². The van der Waals surface area contributed by atoms with E-state index in [4.69, 9.17) is 5.73 Å². The molecule has 1 aliphatic carbocycles. The fraction of sp³-hybridized carbons (Fsp3) is 0.538. The van der Waals surface area contributed by atoms with Crippen molar-refractivity contribution >= 4 is 15.7 Å². The average Bonchev–Trinajstić information content (AvgIpc) is 2.43. The highest BCUT2D eigenvalue weighted by atomic mass is 32.2. The van der Waals surface area contributed by atoms with Crippen LogP contribution in [0.1, 0.15) is 31.2 Å². The van der Waals surface area contributed by atoms with Gasteiger partial charge in [-0.3, -0.25) is 10.1 Å². The largest absolute Gasteiger partial charge is 0.328 e. The number of hydrogen-bond acceptors (Lipinski definition) is 5. The van der Waals surface area contributed by atoms with Crippen molar-refractivity contribution in [2.45, 2.75) is 49.6 Å². The van der Waals surface area contributed by atoms with Crippen LogP contribution in [0.5, 0.6) is 0 Å². The van der Waals surface area contributed by atoms with Crippen LogP contribution in [0, 0.1) is 22.9 Å². The Bertz CT molecular complexity index is 685. The van der Waals surface area contributed by atoms with Gasteiger partial charge in [-0.05, 0) is 38.7 Å². The van der Waals surface area contributed by atoms with Crippen LogP contribution in [0.3, 0.4) is 0 Å². The van der Waals surface area contributed by atoms with Gasteiger partial charge in [-0.1, -0.05) is 0 Å². The zero-order chi connectivity index (χ0) is 16.5. The van der Waals surface area contributed by atoms with Crippen LogP contribution in [-0.2, 0) is 10.0 Å². The van der Waals surface area contributed by atoms with Crippen molar-refractivity contribution < 1.29 is 17.7 Å². The molecule has 0 radical (unpaired) electrons. The first kappa shape index (κ1) is 16.8. The summed E-state index contributed by atoms with van der Waals surface area (Å²) in [5.41, 5.74) is 5.02. The first-order valence-corrected chi connectivity index (χ1v) is 8.41. The molecule has 0 unspecified atom stereocenters. The minimum absolute atomic E-state index is 0.0682. The molecule has 0 saturated heterocycles. The van der Waals surface area contributed by atoms with Gasteiger partial charge in [0.1, 0.15) is 5.82 Å². The van der Waals surface area contributed by atoms with E-state index >= 15 is 0 Å². The summed E-state index contributed by atoms with van der Waals surface area (Å²) in [5, 5.41) is 10.9. The Morgan fingerprint density at radius 3 is 2.45 bits per heavy atom. The molecule has 1 aromatic rings. The second-order valence-electron chi connectivity index (χ2n) is 5.54. The minimum atomic E-state index is -4.01. The predicted molar refractivity (Wildman–Crippen MR) is 78.3 cm³/mol. The van der Waals surface area contributed by atoms with Gasteiger partial charge in [0.25, 0.3) is 5.69 Å². The molecule has 7 nitrogen and oxygen atoms in total. The topological polar surface area (TPSA) is 115 Å². The van der Waals surface area contributed by atoms with E-state index in [9.17, 15) is 22.9 Å². The normalized spacial score (nSPS) is 22.5. The number of nitrogens with one attached hydrogen (secondary N) is 1. The Hall–Kier alpha value is -1.58. The molecule has 0 spiro atoms. The Morgan fingerprint density at radius 1 is 1.32 bits per heavy atom. The molecule has 9 heteroatoms. The van der Waals surface area contributed by atoms with Crippen molar-refractivity contribution in [2.24, 2.45) is 5.73 Å². The molecule has 3 N–H and O–H groups in total. The molecule has 1 fully saturated rings. The Morgan fingerprint density at radius 2 is 1.91 bits per heavy atom. The number of nitrogens with zero attached hydrogens (tertiary/aromatic N) is 1. The van der Waals surface area contributed by atoms with Gasteiger partial charge in [0.2, 0.25) is 10.0 Å². The molecule has 0 aromatic heterocycles. The van der Waals surface area contributed by atoms with Crippen molar-refractivity contribution in [3.8, 4) is 0 Å². The van der Waals surface area contributed by atoms with Gasteiger partial charge in [-0.15, -0.1) is 0 Å². The lowest BCUT2D eigenvalue weighted by molar-refractivity contribution is -0.385. The van der Waals surface area contributed by atoms with Gasteiger partial charge < -0.3 is 5.73 Å². The van der Waals surface area contributed by atoms with Crippen LogP contribution in [-0.4, -0.2) is 25.4 Å². The summed E-state index contributed by atoms with van der Waals surface area (Å²) in [6.45, 7) is 1.24. The zero-order valence-corrected chi connectivity index (χ0v) is 12.9.